The van der Waals surface area contributed by atoms with E-state index in [1.165, 1.54) is 18.4 Å². The Morgan fingerprint density at radius 3 is 2.51 bits per heavy atom. The molecule has 3 aromatic rings. The first kappa shape index (κ1) is 32.3. The number of thiazole rings is 1. The van der Waals surface area contributed by atoms with Crippen LogP contribution in [0.1, 0.15) is 50.8 Å². The molecule has 2 heterocycles. The van der Waals surface area contributed by atoms with Gasteiger partial charge < -0.3 is 23.7 Å². The molecule has 0 radical (unpaired) electrons. The molecule has 4 rings (SSSR count). The summed E-state index contributed by atoms with van der Waals surface area (Å²) >= 11 is 3.33. The van der Waals surface area contributed by atoms with Crippen LogP contribution < -0.4 is 29.1 Å². The van der Waals surface area contributed by atoms with E-state index in [1.54, 1.807) is 37.7 Å². The normalized spacial score (nSPS) is 14.6. The molecule has 0 spiro atoms. The minimum absolute atomic E-state index is 0.191. The van der Waals surface area contributed by atoms with Crippen molar-refractivity contribution in [3.05, 3.63) is 82.1 Å². The summed E-state index contributed by atoms with van der Waals surface area (Å²) < 4.78 is 29.7. The number of carbonyl (C=O) groups is 2. The van der Waals surface area contributed by atoms with Crippen LogP contribution in [0.25, 0.3) is 6.08 Å². The van der Waals surface area contributed by atoms with E-state index >= 15 is 0 Å². The second-order valence-corrected chi connectivity index (χ2v) is 11.5. The second-order valence-electron chi connectivity index (χ2n) is 9.32. The van der Waals surface area contributed by atoms with Crippen molar-refractivity contribution in [2.75, 3.05) is 34.0 Å². The van der Waals surface area contributed by atoms with Crippen LogP contribution >= 0.6 is 33.9 Å². The average molecular weight is 721 g/mol. The fourth-order valence-electron chi connectivity index (χ4n) is 4.70. The number of benzene rings is 2. The molecule has 0 saturated carbocycles. The first-order valence-corrected chi connectivity index (χ1v) is 15.7. The highest BCUT2D eigenvalue weighted by molar-refractivity contribution is 14.1. The molecule has 2 aromatic carbocycles. The lowest BCUT2D eigenvalue weighted by Crippen LogP contribution is -2.40. The summed E-state index contributed by atoms with van der Waals surface area (Å²) in [6.07, 6.45) is 3.05. The summed E-state index contributed by atoms with van der Waals surface area (Å²) in [5.41, 5.74) is 2.03. The predicted molar refractivity (Wildman–Crippen MR) is 170 cm³/mol. The fraction of sp³-hybridized carbons (Fsp3) is 0.355. The number of ether oxygens (including phenoxy) is 5. The van der Waals surface area contributed by atoms with Crippen molar-refractivity contribution in [3.8, 4) is 17.2 Å². The average Bonchev–Trinajstić information content (AvgIpc) is 3.30. The zero-order chi connectivity index (χ0) is 31.1. The number of hydrogen-bond donors (Lipinski definition) is 0. The van der Waals surface area contributed by atoms with E-state index < -0.39 is 18.0 Å². The number of halogens is 1. The third kappa shape index (κ3) is 7.12. The van der Waals surface area contributed by atoms with Crippen molar-refractivity contribution in [2.24, 2.45) is 4.99 Å². The Labute approximate surface area is 266 Å². The third-order valence-corrected chi connectivity index (χ3v) is 8.28. The first-order chi connectivity index (χ1) is 20.8. The van der Waals surface area contributed by atoms with Gasteiger partial charge in [0.15, 0.2) is 22.9 Å². The molecule has 0 saturated heterocycles. The topological polar surface area (TPSA) is 115 Å². The van der Waals surface area contributed by atoms with Crippen molar-refractivity contribution in [3.63, 3.8) is 0 Å². The van der Waals surface area contributed by atoms with E-state index in [0.29, 0.717) is 59.0 Å². The van der Waals surface area contributed by atoms with Crippen molar-refractivity contribution in [2.45, 2.75) is 39.7 Å². The van der Waals surface area contributed by atoms with Gasteiger partial charge in [-0.1, -0.05) is 36.8 Å². The molecule has 0 aliphatic carbocycles. The Bertz CT molecular complexity index is 1730. The lowest BCUT2D eigenvalue weighted by atomic mass is 9.94. The number of carbonyl (C=O) groups excluding carboxylic acids is 2. The smallest absolute Gasteiger partial charge is 0.344 e. The van der Waals surface area contributed by atoms with Gasteiger partial charge in [-0.15, -0.1) is 0 Å². The Morgan fingerprint density at radius 2 is 1.84 bits per heavy atom. The number of fused-ring (bicyclic) bond motifs is 1. The monoisotopic (exact) mass is 720 g/mol. The molecule has 228 valence electrons. The molecular formula is C31H33IN2O8S. The van der Waals surface area contributed by atoms with Crippen molar-refractivity contribution >= 4 is 51.9 Å². The maximum atomic E-state index is 14.1. The Kier molecular flexibility index (Phi) is 11.0. The van der Waals surface area contributed by atoms with E-state index in [1.807, 2.05) is 37.3 Å². The predicted octanol–water partition coefficient (Wildman–Crippen LogP) is 4.14. The van der Waals surface area contributed by atoms with Gasteiger partial charge in [0, 0.05) is 0 Å². The quantitative estimate of drug-likeness (QED) is 0.203. The summed E-state index contributed by atoms with van der Waals surface area (Å²) in [7, 11) is 3.07. The number of allylic oxidation sites excluding steroid dienone is 1. The fourth-order valence-corrected chi connectivity index (χ4v) is 6.50. The number of hydrogen-bond acceptors (Lipinski definition) is 10. The third-order valence-electron chi connectivity index (χ3n) is 6.49. The van der Waals surface area contributed by atoms with Gasteiger partial charge in [0.05, 0.1) is 52.8 Å². The summed E-state index contributed by atoms with van der Waals surface area (Å²) in [5.74, 6) is 0.412. The molecule has 0 unspecified atom stereocenters. The second kappa shape index (κ2) is 14.7. The molecule has 0 N–H and O–H groups in total. The van der Waals surface area contributed by atoms with Gasteiger partial charge in [0.25, 0.3) is 5.56 Å². The minimum atomic E-state index is -0.748. The van der Waals surface area contributed by atoms with Gasteiger partial charge >= 0.3 is 11.9 Å². The molecule has 43 heavy (non-hydrogen) atoms. The Balaban J connectivity index is 1.88. The van der Waals surface area contributed by atoms with Crippen LogP contribution in [-0.4, -0.2) is 50.5 Å². The molecule has 0 amide bonds. The van der Waals surface area contributed by atoms with Crippen LogP contribution in [0.3, 0.4) is 0 Å². The molecule has 1 aromatic heterocycles. The zero-order valence-electron chi connectivity index (χ0n) is 24.6. The lowest BCUT2D eigenvalue weighted by molar-refractivity contribution is -0.145. The summed E-state index contributed by atoms with van der Waals surface area (Å²) in [6.45, 7) is 5.67. The SMILES string of the molecule is CCCC1=C(C(=O)OCC)[C@H](c2cccc(OC)c2)n2c(s/c(=C\c3cc(I)c(OCC(=O)OCC)c(OC)c3)c2=O)=N1. The van der Waals surface area contributed by atoms with E-state index in [4.69, 9.17) is 28.7 Å². The summed E-state index contributed by atoms with van der Waals surface area (Å²) in [5, 5.41) is 0. The van der Waals surface area contributed by atoms with Crippen LogP contribution in [0.2, 0.25) is 0 Å². The van der Waals surface area contributed by atoms with Gasteiger partial charge in [-0.05, 0) is 84.3 Å². The van der Waals surface area contributed by atoms with E-state index in [-0.39, 0.29) is 25.4 Å². The standard InChI is InChI=1S/C31H33IN2O8S/c1-6-10-22-26(30(37)41-8-3)27(19-11-9-12-20(16-19)38-4)34-29(36)24(43-31(34)33-22)15-18-13-21(32)28(23(14-18)39-5)42-17-25(35)40-7-2/h9,11-16,27H,6-8,10,17H2,1-5H3/b24-15-/t27-/m0/s1. The maximum Gasteiger partial charge on any atom is 0.344 e. The van der Waals surface area contributed by atoms with Gasteiger partial charge in [-0.3, -0.25) is 9.36 Å². The van der Waals surface area contributed by atoms with Crippen molar-refractivity contribution in [1.82, 2.24) is 4.57 Å². The van der Waals surface area contributed by atoms with E-state index in [9.17, 15) is 14.4 Å². The summed E-state index contributed by atoms with van der Waals surface area (Å²) in [4.78, 5) is 44.5. The highest BCUT2D eigenvalue weighted by Crippen LogP contribution is 2.35. The number of esters is 2. The number of aromatic nitrogens is 1. The molecular weight excluding hydrogens is 687 g/mol. The number of rotatable bonds is 12. The minimum Gasteiger partial charge on any atom is -0.497 e. The van der Waals surface area contributed by atoms with Crippen LogP contribution in [-0.2, 0) is 19.1 Å². The molecule has 0 fully saturated rings. The van der Waals surface area contributed by atoms with Crippen LogP contribution in [0.5, 0.6) is 17.2 Å². The first-order valence-electron chi connectivity index (χ1n) is 13.8. The number of nitrogens with zero attached hydrogens (tertiary/aromatic N) is 2. The molecule has 12 heteroatoms. The van der Waals surface area contributed by atoms with Gasteiger partial charge in [-0.25, -0.2) is 14.6 Å². The van der Waals surface area contributed by atoms with Gasteiger partial charge in [0.1, 0.15) is 5.75 Å². The van der Waals surface area contributed by atoms with Gasteiger partial charge in [0.2, 0.25) is 0 Å². The number of methoxy groups -OCH3 is 2. The van der Waals surface area contributed by atoms with Crippen molar-refractivity contribution in [1.29, 1.82) is 0 Å². The van der Waals surface area contributed by atoms with Gasteiger partial charge in [-0.2, -0.15) is 0 Å². The Morgan fingerprint density at radius 1 is 1.07 bits per heavy atom. The van der Waals surface area contributed by atoms with Crippen LogP contribution in [0.4, 0.5) is 0 Å². The van der Waals surface area contributed by atoms with Crippen LogP contribution in [0, 0.1) is 3.57 Å². The maximum absolute atomic E-state index is 14.1. The molecule has 1 atom stereocenters. The highest BCUT2D eigenvalue weighted by Gasteiger charge is 2.34. The summed E-state index contributed by atoms with van der Waals surface area (Å²) in [6, 6.07) is 10.1. The molecule has 0 bridgehead atoms. The van der Waals surface area contributed by atoms with Crippen molar-refractivity contribution < 1.29 is 33.3 Å². The molecule has 1 aliphatic heterocycles. The Hall–Kier alpha value is -3.65. The van der Waals surface area contributed by atoms with E-state index in [2.05, 4.69) is 22.6 Å². The molecule has 10 nitrogen and oxygen atoms in total. The largest absolute Gasteiger partial charge is 0.497 e. The van der Waals surface area contributed by atoms with Crippen LogP contribution in [0.15, 0.2) is 57.5 Å². The van der Waals surface area contributed by atoms with E-state index in [0.717, 1.165) is 6.42 Å². The zero-order valence-corrected chi connectivity index (χ0v) is 27.6. The highest BCUT2D eigenvalue weighted by atomic mass is 127. The molecule has 1 aliphatic rings. The lowest BCUT2D eigenvalue weighted by Gasteiger charge is -2.26.